The molecule has 0 aliphatic carbocycles. The number of carbonyl (C=O) groups is 1. The number of rotatable bonds is 2. The predicted molar refractivity (Wildman–Crippen MR) is 67.1 cm³/mol. The monoisotopic (exact) mass is 251 g/mol. The average molecular weight is 251 g/mol. The highest BCUT2D eigenvalue weighted by Crippen LogP contribution is 2.17. The number of likely N-dealkylation sites (tertiary alicyclic amines) is 1. The summed E-state index contributed by atoms with van der Waals surface area (Å²) in [5.41, 5.74) is 0.502. The lowest BCUT2D eigenvalue weighted by Crippen LogP contribution is -2.35. The van der Waals surface area contributed by atoms with E-state index in [0.717, 1.165) is 25.9 Å². The number of nitrogens with zero attached hydrogens (tertiary/aromatic N) is 1. The molecular weight excluding hydrogens is 233 g/mol. The summed E-state index contributed by atoms with van der Waals surface area (Å²) >= 11 is 0. The van der Waals surface area contributed by atoms with E-state index in [4.69, 9.17) is 4.74 Å². The number of esters is 1. The van der Waals surface area contributed by atoms with Crippen LogP contribution in [0.2, 0.25) is 0 Å². The molecule has 0 amide bonds. The van der Waals surface area contributed by atoms with Gasteiger partial charge in [0.2, 0.25) is 0 Å². The van der Waals surface area contributed by atoms with Crippen molar-refractivity contribution in [3.63, 3.8) is 0 Å². The molecule has 2 rings (SSSR count). The van der Waals surface area contributed by atoms with Gasteiger partial charge in [0.25, 0.3) is 0 Å². The van der Waals surface area contributed by atoms with Crippen LogP contribution < -0.4 is 0 Å². The van der Waals surface area contributed by atoms with Crippen LogP contribution >= 0.6 is 0 Å². The van der Waals surface area contributed by atoms with E-state index in [0.29, 0.717) is 5.56 Å². The molecule has 1 heterocycles. The molecule has 0 aromatic heterocycles. The van der Waals surface area contributed by atoms with Gasteiger partial charge in [0.15, 0.2) is 0 Å². The number of halogens is 1. The summed E-state index contributed by atoms with van der Waals surface area (Å²) < 4.78 is 19.1. The van der Waals surface area contributed by atoms with E-state index in [9.17, 15) is 9.18 Å². The fourth-order valence-corrected chi connectivity index (χ4v) is 2.12. The van der Waals surface area contributed by atoms with Crippen LogP contribution in [0.4, 0.5) is 4.39 Å². The van der Waals surface area contributed by atoms with Crippen molar-refractivity contribution in [3.8, 4) is 0 Å². The summed E-state index contributed by atoms with van der Waals surface area (Å²) in [6.45, 7) is 3.46. The van der Waals surface area contributed by atoms with Gasteiger partial charge in [0.1, 0.15) is 11.9 Å². The van der Waals surface area contributed by atoms with Crippen molar-refractivity contribution >= 4 is 5.97 Å². The fourth-order valence-electron chi connectivity index (χ4n) is 2.12. The zero-order chi connectivity index (χ0) is 13.1. The zero-order valence-corrected chi connectivity index (χ0v) is 10.8. The minimum atomic E-state index is -0.550. The van der Waals surface area contributed by atoms with Gasteiger partial charge in [-0.05, 0) is 38.4 Å². The molecule has 98 valence electrons. The molecule has 0 spiro atoms. The highest BCUT2D eigenvalue weighted by Gasteiger charge is 2.22. The molecule has 1 aromatic rings. The van der Waals surface area contributed by atoms with Crippen LogP contribution in [-0.2, 0) is 4.74 Å². The molecule has 0 saturated carbocycles. The van der Waals surface area contributed by atoms with Crippen molar-refractivity contribution in [2.24, 2.45) is 0 Å². The Kier molecular flexibility index (Phi) is 3.97. The van der Waals surface area contributed by atoms with Crippen molar-refractivity contribution in [1.29, 1.82) is 0 Å². The number of aryl methyl sites for hydroxylation is 1. The molecule has 1 fully saturated rings. The minimum Gasteiger partial charge on any atom is -0.459 e. The molecule has 0 unspecified atom stereocenters. The predicted octanol–water partition coefficient (Wildman–Crippen LogP) is 2.39. The number of hydrogen-bond acceptors (Lipinski definition) is 3. The van der Waals surface area contributed by atoms with Crippen molar-refractivity contribution in [2.45, 2.75) is 25.9 Å². The molecule has 0 N–H and O–H groups in total. The summed E-state index contributed by atoms with van der Waals surface area (Å²) in [5, 5.41) is 0. The Bertz CT molecular complexity index is 439. The quantitative estimate of drug-likeness (QED) is 0.756. The second-order valence-electron chi connectivity index (χ2n) is 4.84. The van der Waals surface area contributed by atoms with Gasteiger partial charge in [-0.25, -0.2) is 9.18 Å². The molecule has 4 heteroatoms. The Labute approximate surface area is 107 Å². The second-order valence-corrected chi connectivity index (χ2v) is 4.84. The number of hydrogen-bond donors (Lipinski definition) is 0. The maximum absolute atomic E-state index is 13.8. The van der Waals surface area contributed by atoms with Gasteiger partial charge in [-0.15, -0.1) is 0 Å². The van der Waals surface area contributed by atoms with E-state index in [1.165, 1.54) is 6.07 Å². The summed E-state index contributed by atoms with van der Waals surface area (Å²) in [6.07, 6.45) is 1.54. The maximum atomic E-state index is 13.8. The molecule has 1 aromatic carbocycles. The first-order valence-electron chi connectivity index (χ1n) is 6.22. The standard InChI is InChI=1S/C14H18FNO2/c1-10-4-3-5-12(13(10)15)14(17)18-11-6-8-16(2)9-7-11/h3-5,11H,6-9H2,1-2H3. The summed E-state index contributed by atoms with van der Waals surface area (Å²) in [4.78, 5) is 14.1. The topological polar surface area (TPSA) is 29.5 Å². The fraction of sp³-hybridized carbons (Fsp3) is 0.500. The van der Waals surface area contributed by atoms with E-state index in [-0.39, 0.29) is 11.7 Å². The van der Waals surface area contributed by atoms with Crippen molar-refractivity contribution in [2.75, 3.05) is 20.1 Å². The largest absolute Gasteiger partial charge is 0.459 e. The summed E-state index contributed by atoms with van der Waals surface area (Å²) in [6, 6.07) is 4.78. The van der Waals surface area contributed by atoms with Gasteiger partial charge < -0.3 is 9.64 Å². The Morgan fingerprint density at radius 3 is 2.72 bits per heavy atom. The first-order chi connectivity index (χ1) is 8.58. The molecule has 1 saturated heterocycles. The highest BCUT2D eigenvalue weighted by molar-refractivity contribution is 5.90. The average Bonchev–Trinajstić information content (AvgIpc) is 2.35. The number of benzene rings is 1. The Hall–Kier alpha value is -1.42. The third kappa shape index (κ3) is 2.88. The van der Waals surface area contributed by atoms with Crippen LogP contribution in [0.25, 0.3) is 0 Å². The van der Waals surface area contributed by atoms with Crippen LogP contribution in [-0.4, -0.2) is 37.1 Å². The van der Waals surface area contributed by atoms with Gasteiger partial charge >= 0.3 is 5.97 Å². The molecule has 18 heavy (non-hydrogen) atoms. The summed E-state index contributed by atoms with van der Waals surface area (Å²) in [5.74, 6) is -1.03. The van der Waals surface area contributed by atoms with Crippen LogP contribution in [0.1, 0.15) is 28.8 Å². The van der Waals surface area contributed by atoms with Crippen LogP contribution in [0.3, 0.4) is 0 Å². The van der Waals surface area contributed by atoms with Gasteiger partial charge in [0, 0.05) is 13.1 Å². The van der Waals surface area contributed by atoms with Crippen LogP contribution in [0, 0.1) is 12.7 Å². The normalized spacial score (nSPS) is 17.7. The van der Waals surface area contributed by atoms with E-state index < -0.39 is 11.8 Å². The van der Waals surface area contributed by atoms with Gasteiger partial charge in [-0.2, -0.15) is 0 Å². The van der Waals surface area contributed by atoms with E-state index in [2.05, 4.69) is 4.90 Å². The van der Waals surface area contributed by atoms with E-state index in [1.807, 2.05) is 7.05 Å². The number of carbonyl (C=O) groups excluding carboxylic acids is 1. The van der Waals surface area contributed by atoms with Crippen molar-refractivity contribution in [1.82, 2.24) is 4.90 Å². The molecular formula is C14H18FNO2. The zero-order valence-electron chi connectivity index (χ0n) is 10.8. The van der Waals surface area contributed by atoms with Crippen LogP contribution in [0.15, 0.2) is 18.2 Å². The second kappa shape index (κ2) is 5.48. The first kappa shape index (κ1) is 13.0. The molecule has 0 bridgehead atoms. The molecule has 0 radical (unpaired) electrons. The summed E-state index contributed by atoms with van der Waals surface area (Å²) in [7, 11) is 2.04. The highest BCUT2D eigenvalue weighted by atomic mass is 19.1. The van der Waals surface area contributed by atoms with Gasteiger partial charge in [-0.3, -0.25) is 0 Å². The molecule has 1 aliphatic rings. The van der Waals surface area contributed by atoms with Gasteiger partial charge in [-0.1, -0.05) is 12.1 Å². The molecule has 0 atom stereocenters. The van der Waals surface area contributed by atoms with Crippen molar-refractivity contribution < 1.29 is 13.9 Å². The van der Waals surface area contributed by atoms with Crippen molar-refractivity contribution in [3.05, 3.63) is 35.1 Å². The SMILES string of the molecule is Cc1cccc(C(=O)OC2CCN(C)CC2)c1F. The van der Waals surface area contributed by atoms with E-state index >= 15 is 0 Å². The molecule has 3 nitrogen and oxygen atoms in total. The van der Waals surface area contributed by atoms with Gasteiger partial charge in [0.05, 0.1) is 5.56 Å². The minimum absolute atomic E-state index is 0.0360. The van der Waals surface area contributed by atoms with Crippen LogP contribution in [0.5, 0.6) is 0 Å². The Morgan fingerprint density at radius 2 is 2.06 bits per heavy atom. The Morgan fingerprint density at radius 1 is 1.39 bits per heavy atom. The number of ether oxygens (including phenoxy) is 1. The Balaban J connectivity index is 2.01. The maximum Gasteiger partial charge on any atom is 0.341 e. The molecule has 1 aliphatic heterocycles. The lowest BCUT2D eigenvalue weighted by atomic mass is 10.1. The third-order valence-corrected chi connectivity index (χ3v) is 3.35. The third-order valence-electron chi connectivity index (χ3n) is 3.35. The van der Waals surface area contributed by atoms with E-state index in [1.54, 1.807) is 19.1 Å². The number of piperidine rings is 1. The first-order valence-corrected chi connectivity index (χ1v) is 6.22. The lowest BCUT2D eigenvalue weighted by molar-refractivity contribution is 0.0134. The smallest absolute Gasteiger partial charge is 0.341 e. The lowest BCUT2D eigenvalue weighted by Gasteiger charge is -2.28.